The topological polar surface area (TPSA) is 97.0 Å². The number of piperazine rings is 1. The van der Waals surface area contributed by atoms with E-state index in [0.29, 0.717) is 48.5 Å². The van der Waals surface area contributed by atoms with Gasteiger partial charge in [0.05, 0.1) is 25.2 Å². The van der Waals surface area contributed by atoms with Crippen molar-refractivity contribution in [3.63, 3.8) is 0 Å². The lowest BCUT2D eigenvalue weighted by Gasteiger charge is -2.36. The predicted molar refractivity (Wildman–Crippen MR) is 172 cm³/mol. The lowest BCUT2D eigenvalue weighted by Crippen LogP contribution is -2.60. The summed E-state index contributed by atoms with van der Waals surface area (Å²) in [7, 11) is 0. The van der Waals surface area contributed by atoms with Gasteiger partial charge in [-0.3, -0.25) is 19.7 Å². The van der Waals surface area contributed by atoms with Crippen molar-refractivity contribution in [3.05, 3.63) is 64.1 Å². The number of benzene rings is 2. The van der Waals surface area contributed by atoms with Gasteiger partial charge in [0.1, 0.15) is 11.8 Å². The highest BCUT2D eigenvalue weighted by Gasteiger charge is 2.34. The van der Waals surface area contributed by atoms with Crippen LogP contribution < -0.4 is 15.4 Å². The molecule has 1 saturated heterocycles. The lowest BCUT2D eigenvalue weighted by molar-refractivity contribution is -0.147. The lowest BCUT2D eigenvalue weighted by atomic mass is 10.1. The fourth-order valence-electron chi connectivity index (χ4n) is 4.76. The molecule has 10 heteroatoms. The van der Waals surface area contributed by atoms with E-state index in [0.717, 1.165) is 24.8 Å². The van der Waals surface area contributed by atoms with Gasteiger partial charge in [0.25, 0.3) is 5.91 Å². The van der Waals surface area contributed by atoms with Crippen molar-refractivity contribution in [2.75, 3.05) is 26.3 Å². The second-order valence-electron chi connectivity index (χ2n) is 10.4. The highest BCUT2D eigenvalue weighted by Crippen LogP contribution is 2.24. The number of nitrogens with one attached hydrogen (secondary N) is 2. The minimum Gasteiger partial charge on any atom is -0.492 e. The maximum absolute atomic E-state index is 13.3. The van der Waals surface area contributed by atoms with Crippen LogP contribution in [0, 0.1) is 0 Å². The van der Waals surface area contributed by atoms with Gasteiger partial charge >= 0.3 is 5.97 Å². The molecule has 0 radical (unpaired) electrons. The molecule has 1 aliphatic heterocycles. The molecular weight excluding hydrogens is 618 g/mol. The van der Waals surface area contributed by atoms with E-state index in [4.69, 9.17) is 21.7 Å². The van der Waals surface area contributed by atoms with Crippen LogP contribution in [0.2, 0.25) is 0 Å². The number of rotatable bonds is 16. The van der Waals surface area contributed by atoms with Gasteiger partial charge in [-0.1, -0.05) is 98.1 Å². The molecule has 0 spiro atoms. The molecule has 2 N–H and O–H groups in total. The maximum atomic E-state index is 13.3. The standard InChI is InChI=1S/C32H42BrN3O5S/c1-2-3-4-5-6-7-8-12-20-41-29(37)23-27-31(39)34-18-19-36(27)32(42)35-30(38)26-22-25(33)15-16-28(26)40-21-17-24-13-10-9-11-14-24/h9-11,13-16,22,27H,2-8,12,17-21,23H2,1H3,(H,34,39)(H,35,38,42). The van der Waals surface area contributed by atoms with Gasteiger partial charge in [0, 0.05) is 24.0 Å². The summed E-state index contributed by atoms with van der Waals surface area (Å²) in [4.78, 5) is 40.2. The zero-order valence-electron chi connectivity index (χ0n) is 24.4. The van der Waals surface area contributed by atoms with Crippen molar-refractivity contribution >= 4 is 51.0 Å². The molecule has 2 aromatic rings. The third-order valence-electron chi connectivity index (χ3n) is 7.11. The van der Waals surface area contributed by atoms with Crippen molar-refractivity contribution in [2.24, 2.45) is 0 Å². The third-order valence-corrected chi connectivity index (χ3v) is 7.94. The Kier molecular flexibility index (Phi) is 14.8. The number of thiocarbonyl (C=S) groups is 1. The molecule has 1 unspecified atom stereocenters. The molecule has 8 nitrogen and oxygen atoms in total. The van der Waals surface area contributed by atoms with E-state index in [1.165, 1.54) is 32.1 Å². The van der Waals surface area contributed by atoms with E-state index in [-0.39, 0.29) is 17.4 Å². The summed E-state index contributed by atoms with van der Waals surface area (Å²) in [5.74, 6) is -0.820. The van der Waals surface area contributed by atoms with Crippen LogP contribution in [0.3, 0.4) is 0 Å². The first kappa shape index (κ1) is 33.5. The number of halogens is 1. The number of esters is 1. The first-order chi connectivity index (χ1) is 20.4. The molecule has 42 heavy (non-hydrogen) atoms. The summed E-state index contributed by atoms with van der Waals surface area (Å²) in [5, 5.41) is 5.59. The van der Waals surface area contributed by atoms with Gasteiger partial charge in [-0.05, 0) is 42.4 Å². The Bertz CT molecular complexity index is 1180. The van der Waals surface area contributed by atoms with Crippen LogP contribution in [0.4, 0.5) is 0 Å². The van der Waals surface area contributed by atoms with Gasteiger partial charge in [0.15, 0.2) is 5.11 Å². The molecule has 1 aliphatic rings. The van der Waals surface area contributed by atoms with E-state index < -0.39 is 17.9 Å². The van der Waals surface area contributed by atoms with Gasteiger partial charge in [0.2, 0.25) is 5.91 Å². The number of hydrogen-bond donors (Lipinski definition) is 2. The SMILES string of the molecule is CCCCCCCCCCOC(=O)CC1C(=O)NCCN1C(=S)NC(=O)c1cc(Br)ccc1OCCc1ccccc1. The van der Waals surface area contributed by atoms with Crippen molar-refractivity contribution in [3.8, 4) is 5.75 Å². The fourth-order valence-corrected chi connectivity index (χ4v) is 5.44. The van der Waals surface area contributed by atoms with Crippen LogP contribution in [0.15, 0.2) is 53.0 Å². The monoisotopic (exact) mass is 659 g/mol. The molecule has 0 saturated carbocycles. The minimum atomic E-state index is -0.860. The highest BCUT2D eigenvalue weighted by atomic mass is 79.9. The fraction of sp³-hybridized carbons (Fsp3) is 0.500. The van der Waals surface area contributed by atoms with E-state index in [1.807, 2.05) is 30.3 Å². The van der Waals surface area contributed by atoms with Crippen LogP contribution in [0.5, 0.6) is 5.75 Å². The van der Waals surface area contributed by atoms with Crippen LogP contribution in [0.1, 0.15) is 80.6 Å². The highest BCUT2D eigenvalue weighted by molar-refractivity contribution is 9.10. The normalized spacial score (nSPS) is 14.7. The minimum absolute atomic E-state index is 0.0749. The van der Waals surface area contributed by atoms with Crippen molar-refractivity contribution in [1.29, 1.82) is 0 Å². The zero-order chi connectivity index (χ0) is 30.2. The summed E-state index contributed by atoms with van der Waals surface area (Å²) in [6.07, 6.45) is 9.74. The van der Waals surface area contributed by atoms with E-state index in [2.05, 4.69) is 33.5 Å². The molecule has 2 amide bonds. The van der Waals surface area contributed by atoms with Crippen molar-refractivity contribution < 1.29 is 23.9 Å². The summed E-state index contributed by atoms with van der Waals surface area (Å²) in [6, 6.07) is 14.3. The molecule has 1 atom stereocenters. The molecule has 228 valence electrons. The van der Waals surface area contributed by atoms with Gasteiger partial charge in [-0.15, -0.1) is 0 Å². The Hall–Kier alpha value is -2.98. The van der Waals surface area contributed by atoms with E-state index in [1.54, 1.807) is 23.1 Å². The average Bonchev–Trinajstić information content (AvgIpc) is 2.98. The average molecular weight is 661 g/mol. The van der Waals surface area contributed by atoms with E-state index in [9.17, 15) is 14.4 Å². The number of unbranched alkanes of at least 4 members (excludes halogenated alkanes) is 7. The molecule has 0 aromatic heterocycles. The summed E-state index contributed by atoms with van der Waals surface area (Å²) < 4.78 is 12.1. The van der Waals surface area contributed by atoms with E-state index >= 15 is 0 Å². The molecule has 2 aromatic carbocycles. The molecular formula is C32H42BrN3O5S. The molecule has 1 heterocycles. The van der Waals surface area contributed by atoms with Crippen molar-refractivity contribution in [1.82, 2.24) is 15.5 Å². The van der Waals surface area contributed by atoms with Crippen molar-refractivity contribution in [2.45, 2.75) is 77.2 Å². The van der Waals surface area contributed by atoms with Crippen LogP contribution in [0.25, 0.3) is 0 Å². The quantitative estimate of drug-likeness (QED) is 0.130. The van der Waals surface area contributed by atoms with Crippen LogP contribution in [-0.2, 0) is 20.7 Å². The molecule has 0 aliphatic carbocycles. The Morgan fingerprint density at radius 3 is 2.48 bits per heavy atom. The number of carbonyl (C=O) groups excluding carboxylic acids is 3. The van der Waals surface area contributed by atoms with Gasteiger partial charge in [-0.25, -0.2) is 0 Å². The number of ether oxygens (including phenoxy) is 2. The first-order valence-corrected chi connectivity index (χ1v) is 16.1. The molecule has 3 rings (SSSR count). The smallest absolute Gasteiger partial charge is 0.308 e. The van der Waals surface area contributed by atoms with Crippen LogP contribution >= 0.6 is 28.1 Å². The molecule has 0 bridgehead atoms. The summed E-state index contributed by atoms with van der Waals surface area (Å²) in [5.41, 5.74) is 1.44. The Labute approximate surface area is 263 Å². The van der Waals surface area contributed by atoms with Gasteiger partial charge in [-0.2, -0.15) is 0 Å². The third kappa shape index (κ3) is 11.4. The molecule has 1 fully saturated rings. The predicted octanol–water partition coefficient (Wildman–Crippen LogP) is 5.96. The second-order valence-corrected chi connectivity index (χ2v) is 11.7. The Morgan fingerprint density at radius 1 is 1.02 bits per heavy atom. The Balaban J connectivity index is 1.51. The van der Waals surface area contributed by atoms with Gasteiger partial charge < -0.3 is 19.7 Å². The Morgan fingerprint density at radius 2 is 1.74 bits per heavy atom. The number of amides is 2. The number of nitrogens with zero attached hydrogens (tertiary/aromatic N) is 1. The largest absolute Gasteiger partial charge is 0.492 e. The summed E-state index contributed by atoms with van der Waals surface area (Å²) in [6.45, 7) is 3.65. The number of hydrogen-bond acceptors (Lipinski definition) is 6. The second kappa shape index (κ2) is 18.5. The first-order valence-electron chi connectivity index (χ1n) is 14.9. The maximum Gasteiger partial charge on any atom is 0.308 e. The zero-order valence-corrected chi connectivity index (χ0v) is 26.8. The van der Waals surface area contributed by atoms with Crippen LogP contribution in [-0.4, -0.2) is 60.1 Å². The number of carbonyl (C=O) groups is 3. The summed E-state index contributed by atoms with van der Waals surface area (Å²) >= 11 is 8.96.